The molecule has 2 aromatic carbocycles. The van der Waals surface area contributed by atoms with Gasteiger partial charge in [0.25, 0.3) is 6.47 Å². The smallest absolute Gasteiger partial charge is 0.293 e. The number of ether oxygens (including phenoxy) is 6. The lowest BCUT2D eigenvalue weighted by molar-refractivity contribution is -0.131. The highest BCUT2D eigenvalue weighted by atomic mass is 16.7. The Morgan fingerprint density at radius 2 is 1.63 bits per heavy atom. The third-order valence-electron chi connectivity index (χ3n) is 5.73. The second-order valence-electron chi connectivity index (χ2n) is 7.22. The molecule has 0 unspecified atom stereocenters. The Hall–Kier alpha value is -3.13. The van der Waals surface area contributed by atoms with E-state index in [4.69, 9.17) is 28.4 Å². The van der Waals surface area contributed by atoms with Gasteiger partial charge in [0.05, 0.1) is 34.0 Å². The highest BCUT2D eigenvalue weighted by Gasteiger charge is 2.37. The summed E-state index contributed by atoms with van der Waals surface area (Å²) in [5.41, 5.74) is 2.57. The van der Waals surface area contributed by atoms with Crippen LogP contribution in [0.3, 0.4) is 0 Å². The van der Waals surface area contributed by atoms with E-state index in [9.17, 15) is 9.90 Å². The number of hydrogen-bond acceptors (Lipinski definition) is 8. The van der Waals surface area contributed by atoms with Gasteiger partial charge < -0.3 is 33.5 Å². The molecule has 4 rings (SSSR count). The van der Waals surface area contributed by atoms with Crippen LogP contribution in [-0.2, 0) is 9.53 Å². The summed E-state index contributed by atoms with van der Waals surface area (Å²) < 4.78 is 32.5. The van der Waals surface area contributed by atoms with E-state index in [1.165, 1.54) is 0 Å². The molecule has 2 aliphatic rings. The largest absolute Gasteiger partial charge is 0.493 e. The maximum Gasteiger partial charge on any atom is 0.293 e. The Kier molecular flexibility index (Phi) is 5.59. The van der Waals surface area contributed by atoms with Crippen LogP contribution in [0.4, 0.5) is 0 Å². The van der Waals surface area contributed by atoms with Crippen LogP contribution in [0.25, 0.3) is 0 Å². The molecule has 1 aliphatic carbocycles. The fourth-order valence-electron chi connectivity index (χ4n) is 4.28. The van der Waals surface area contributed by atoms with Crippen molar-refractivity contribution in [2.45, 2.75) is 18.4 Å². The van der Waals surface area contributed by atoms with E-state index < -0.39 is 6.10 Å². The summed E-state index contributed by atoms with van der Waals surface area (Å²) in [5.74, 6) is 2.42. The van der Waals surface area contributed by atoms with Crippen molar-refractivity contribution >= 4 is 6.47 Å². The van der Waals surface area contributed by atoms with Crippen LogP contribution in [0.5, 0.6) is 28.7 Å². The van der Waals surface area contributed by atoms with E-state index in [1.54, 1.807) is 27.4 Å². The van der Waals surface area contributed by atoms with E-state index in [1.807, 2.05) is 18.2 Å². The van der Waals surface area contributed by atoms with Crippen LogP contribution in [0, 0.1) is 5.92 Å². The molecular weight excluding hydrogens is 392 g/mol. The van der Waals surface area contributed by atoms with Crippen LogP contribution in [-0.4, -0.2) is 46.3 Å². The summed E-state index contributed by atoms with van der Waals surface area (Å²) in [7, 11) is 4.69. The second-order valence-corrected chi connectivity index (χ2v) is 7.22. The number of rotatable bonds is 7. The maximum atomic E-state index is 11.0. The van der Waals surface area contributed by atoms with Crippen molar-refractivity contribution in [2.24, 2.45) is 5.92 Å². The zero-order chi connectivity index (χ0) is 21.3. The van der Waals surface area contributed by atoms with Crippen molar-refractivity contribution in [2.75, 3.05) is 34.7 Å². The van der Waals surface area contributed by atoms with E-state index in [0.29, 0.717) is 41.6 Å². The third-order valence-corrected chi connectivity index (χ3v) is 5.73. The molecule has 0 saturated carbocycles. The zero-order valence-electron chi connectivity index (χ0n) is 17.0. The molecular formula is C22H24O8. The maximum absolute atomic E-state index is 11.0. The standard InChI is InChI=1S/C22H24O8/c1-25-19-5-12(6-20(26-2)22(19)27-3)14-4-13(9-28-10-23)21(24)16-8-18-17(7-15(14)16)29-11-30-18/h5-8,10,13-14,21,24H,4,9,11H2,1-3H3/t13-,14-,21-/m1/s1. The molecule has 0 radical (unpaired) electrons. The quantitative estimate of drug-likeness (QED) is 0.689. The zero-order valence-corrected chi connectivity index (χ0v) is 17.0. The third kappa shape index (κ3) is 3.37. The fraction of sp³-hybridized carbons (Fsp3) is 0.409. The van der Waals surface area contributed by atoms with Gasteiger partial charge in [-0.25, -0.2) is 0 Å². The van der Waals surface area contributed by atoms with Crippen LogP contribution < -0.4 is 23.7 Å². The summed E-state index contributed by atoms with van der Waals surface area (Å²) in [4.78, 5) is 10.8. The SMILES string of the molecule is COc1cc([C@H]2C[C@H](COC=O)[C@@H](O)c3cc4c(cc32)OCO4)cc(OC)c1OC. The molecule has 8 nitrogen and oxygen atoms in total. The molecule has 160 valence electrons. The number of benzene rings is 2. The van der Waals surface area contributed by atoms with Gasteiger partial charge in [-0.15, -0.1) is 0 Å². The Bertz CT molecular complexity index is 916. The highest BCUT2D eigenvalue weighted by molar-refractivity contribution is 5.58. The Morgan fingerprint density at radius 3 is 2.20 bits per heavy atom. The number of fused-ring (bicyclic) bond motifs is 2. The summed E-state index contributed by atoms with van der Waals surface area (Å²) >= 11 is 0. The molecule has 1 N–H and O–H groups in total. The normalized spacial score (nSPS) is 21.5. The van der Waals surface area contributed by atoms with Crippen LogP contribution in [0.1, 0.15) is 35.1 Å². The molecule has 30 heavy (non-hydrogen) atoms. The Labute approximate surface area is 174 Å². The molecule has 2 aromatic rings. The number of hydrogen-bond donors (Lipinski definition) is 1. The minimum Gasteiger partial charge on any atom is -0.493 e. The van der Waals surface area contributed by atoms with Gasteiger partial charge in [-0.05, 0) is 47.4 Å². The average molecular weight is 416 g/mol. The van der Waals surface area contributed by atoms with Crippen LogP contribution >= 0.6 is 0 Å². The molecule has 1 aliphatic heterocycles. The molecule has 8 heteroatoms. The second kappa shape index (κ2) is 8.31. The Balaban J connectivity index is 1.84. The van der Waals surface area contributed by atoms with Crippen molar-refractivity contribution < 1.29 is 38.3 Å². The molecule has 0 bridgehead atoms. The van der Waals surface area contributed by atoms with Crippen molar-refractivity contribution in [3.63, 3.8) is 0 Å². The van der Waals surface area contributed by atoms with E-state index in [-0.39, 0.29) is 25.2 Å². The minimum atomic E-state index is -0.798. The first-order chi connectivity index (χ1) is 14.6. The minimum absolute atomic E-state index is 0.111. The van der Waals surface area contributed by atoms with E-state index in [2.05, 4.69) is 0 Å². The van der Waals surface area contributed by atoms with Crippen molar-refractivity contribution in [1.29, 1.82) is 0 Å². The predicted molar refractivity (Wildman–Crippen MR) is 106 cm³/mol. The molecule has 0 aromatic heterocycles. The number of carbonyl (C=O) groups is 1. The number of methoxy groups -OCH3 is 3. The van der Waals surface area contributed by atoms with Gasteiger partial charge in [-0.3, -0.25) is 4.79 Å². The lowest BCUT2D eigenvalue weighted by atomic mass is 9.72. The topological polar surface area (TPSA) is 92.7 Å². The van der Waals surface area contributed by atoms with Gasteiger partial charge in [0, 0.05) is 11.8 Å². The molecule has 1 heterocycles. The van der Waals surface area contributed by atoms with Gasteiger partial charge in [-0.1, -0.05) is 0 Å². The lowest BCUT2D eigenvalue weighted by Gasteiger charge is -2.35. The molecule has 0 amide bonds. The van der Waals surface area contributed by atoms with Crippen molar-refractivity contribution in [1.82, 2.24) is 0 Å². The number of aliphatic hydroxyl groups excluding tert-OH is 1. The fourth-order valence-corrected chi connectivity index (χ4v) is 4.28. The van der Waals surface area contributed by atoms with E-state index in [0.717, 1.165) is 16.7 Å². The van der Waals surface area contributed by atoms with Gasteiger partial charge in [-0.2, -0.15) is 0 Å². The highest BCUT2D eigenvalue weighted by Crippen LogP contribution is 2.51. The number of aliphatic hydroxyl groups is 1. The van der Waals surface area contributed by atoms with Crippen LogP contribution in [0.15, 0.2) is 24.3 Å². The first-order valence-corrected chi connectivity index (χ1v) is 9.57. The van der Waals surface area contributed by atoms with Crippen molar-refractivity contribution in [3.8, 4) is 28.7 Å². The Morgan fingerprint density at radius 1 is 1.00 bits per heavy atom. The molecule has 3 atom stereocenters. The first-order valence-electron chi connectivity index (χ1n) is 9.57. The van der Waals surface area contributed by atoms with Gasteiger partial charge in [0.1, 0.15) is 0 Å². The molecule has 0 saturated heterocycles. The summed E-state index contributed by atoms with van der Waals surface area (Å²) in [6, 6.07) is 7.51. The first kappa shape index (κ1) is 20.2. The van der Waals surface area contributed by atoms with E-state index >= 15 is 0 Å². The van der Waals surface area contributed by atoms with Gasteiger partial charge >= 0.3 is 0 Å². The summed E-state index contributed by atoms with van der Waals surface area (Å²) in [5, 5.41) is 11.0. The monoisotopic (exact) mass is 416 g/mol. The molecule has 0 fully saturated rings. The van der Waals surface area contributed by atoms with Gasteiger partial charge in [0.2, 0.25) is 12.5 Å². The lowest BCUT2D eigenvalue weighted by Crippen LogP contribution is -2.28. The number of carbonyl (C=O) groups excluding carboxylic acids is 1. The molecule has 0 spiro atoms. The van der Waals surface area contributed by atoms with Crippen LogP contribution in [0.2, 0.25) is 0 Å². The van der Waals surface area contributed by atoms with Crippen molar-refractivity contribution in [3.05, 3.63) is 41.0 Å². The van der Waals surface area contributed by atoms with Gasteiger partial charge in [0.15, 0.2) is 23.0 Å². The predicted octanol–water partition coefficient (Wildman–Crippen LogP) is 2.80. The summed E-state index contributed by atoms with van der Waals surface area (Å²) in [6.07, 6.45) is -0.243. The average Bonchev–Trinajstić information content (AvgIpc) is 3.24. The summed E-state index contributed by atoms with van der Waals surface area (Å²) in [6.45, 7) is 0.649.